The van der Waals surface area contributed by atoms with Gasteiger partial charge in [-0.1, -0.05) is 11.6 Å². The average Bonchev–Trinajstić information content (AvgIpc) is 2.44. The maximum absolute atomic E-state index is 11.9. The molecule has 0 saturated heterocycles. The summed E-state index contributed by atoms with van der Waals surface area (Å²) < 4.78 is 5.09. The number of hydrogen-bond acceptors (Lipinski definition) is 5. The molecule has 0 saturated carbocycles. The van der Waals surface area contributed by atoms with Crippen molar-refractivity contribution in [3.05, 3.63) is 35.4 Å². The number of benzene rings is 2. The van der Waals surface area contributed by atoms with Gasteiger partial charge >= 0.3 is 6.03 Å². The van der Waals surface area contributed by atoms with Crippen LogP contribution in [0.3, 0.4) is 0 Å². The van der Waals surface area contributed by atoms with E-state index in [1.54, 1.807) is 12.1 Å². The average molecular weight is 325 g/mol. The van der Waals surface area contributed by atoms with Crippen LogP contribution in [0.15, 0.2) is 30.3 Å². The minimum atomic E-state index is -0.664. The van der Waals surface area contributed by atoms with Gasteiger partial charge in [0.25, 0.3) is 0 Å². The van der Waals surface area contributed by atoms with Crippen molar-refractivity contribution in [2.45, 2.75) is 0 Å². The highest BCUT2D eigenvalue weighted by Crippen LogP contribution is 2.37. The number of ether oxygens (including phenoxy) is 1. The second-order valence-corrected chi connectivity index (χ2v) is 4.72. The van der Waals surface area contributed by atoms with E-state index in [1.807, 2.05) is 0 Å². The number of hydrogen-bond donors (Lipinski definition) is 5. The van der Waals surface area contributed by atoms with Gasteiger partial charge in [-0.05, 0) is 18.2 Å². The second-order valence-electron chi connectivity index (χ2n) is 4.29. The molecule has 2 amide bonds. The Bertz CT molecular complexity index is 697. The molecule has 2 rings (SSSR count). The summed E-state index contributed by atoms with van der Waals surface area (Å²) in [6.07, 6.45) is 0. The SMILES string of the molecule is COc1ccc(Cl)cc1NC(=O)Nc1cc(O)c(O)c(O)c1. The van der Waals surface area contributed by atoms with E-state index in [9.17, 15) is 20.1 Å². The summed E-state index contributed by atoms with van der Waals surface area (Å²) in [6.45, 7) is 0. The largest absolute Gasteiger partial charge is 0.504 e. The third kappa shape index (κ3) is 3.44. The summed E-state index contributed by atoms with van der Waals surface area (Å²) in [5.74, 6) is -1.37. The standard InChI is InChI=1S/C14H13ClN2O5/c1-22-12-3-2-7(15)4-9(12)17-14(21)16-8-5-10(18)13(20)11(19)6-8/h2-6,18-20H,1H3,(H2,16,17,21). The van der Waals surface area contributed by atoms with Crippen LogP contribution in [0.2, 0.25) is 5.02 Å². The molecule has 0 aliphatic rings. The molecule has 0 aliphatic heterocycles. The number of halogens is 1. The highest BCUT2D eigenvalue weighted by molar-refractivity contribution is 6.31. The molecule has 0 aliphatic carbocycles. The number of methoxy groups -OCH3 is 1. The minimum Gasteiger partial charge on any atom is -0.504 e. The summed E-state index contributed by atoms with van der Waals surface area (Å²) in [6, 6.07) is 6.24. The number of carbonyl (C=O) groups excluding carboxylic acids is 1. The van der Waals surface area contributed by atoms with Crippen molar-refractivity contribution >= 4 is 29.0 Å². The Morgan fingerprint density at radius 1 is 1.09 bits per heavy atom. The van der Waals surface area contributed by atoms with Crippen LogP contribution in [0, 0.1) is 0 Å². The summed E-state index contributed by atoms with van der Waals surface area (Å²) in [5, 5.41) is 33.3. The van der Waals surface area contributed by atoms with Crippen molar-refractivity contribution in [1.29, 1.82) is 0 Å². The molecular formula is C14H13ClN2O5. The zero-order chi connectivity index (χ0) is 16.3. The number of carbonyl (C=O) groups is 1. The fourth-order valence-corrected chi connectivity index (χ4v) is 1.91. The molecule has 0 radical (unpaired) electrons. The quantitative estimate of drug-likeness (QED) is 0.440. The molecule has 0 spiro atoms. The smallest absolute Gasteiger partial charge is 0.323 e. The van der Waals surface area contributed by atoms with Crippen LogP contribution in [0.5, 0.6) is 23.0 Å². The van der Waals surface area contributed by atoms with Crippen LogP contribution < -0.4 is 15.4 Å². The predicted octanol–water partition coefficient (Wildman–Crippen LogP) is 3.11. The Labute approximate surface area is 130 Å². The van der Waals surface area contributed by atoms with Crippen LogP contribution in [-0.4, -0.2) is 28.5 Å². The monoisotopic (exact) mass is 324 g/mol. The van der Waals surface area contributed by atoms with Crippen LogP contribution in [0.25, 0.3) is 0 Å². The third-order valence-corrected chi connectivity index (χ3v) is 2.97. The summed E-state index contributed by atoms with van der Waals surface area (Å²) in [5.41, 5.74) is 0.436. The van der Waals surface area contributed by atoms with Crippen molar-refractivity contribution < 1.29 is 24.9 Å². The molecule has 7 nitrogen and oxygen atoms in total. The second kappa shape index (κ2) is 6.31. The third-order valence-electron chi connectivity index (χ3n) is 2.74. The van der Waals surface area contributed by atoms with Gasteiger partial charge in [0.1, 0.15) is 5.75 Å². The first-order valence-electron chi connectivity index (χ1n) is 6.07. The summed E-state index contributed by atoms with van der Waals surface area (Å²) in [7, 11) is 1.45. The van der Waals surface area contributed by atoms with Gasteiger partial charge in [0.2, 0.25) is 0 Å². The number of rotatable bonds is 3. The highest BCUT2D eigenvalue weighted by atomic mass is 35.5. The first kappa shape index (κ1) is 15.6. The van der Waals surface area contributed by atoms with Crippen molar-refractivity contribution in [2.75, 3.05) is 17.7 Å². The van der Waals surface area contributed by atoms with E-state index in [1.165, 1.54) is 13.2 Å². The lowest BCUT2D eigenvalue weighted by Crippen LogP contribution is -2.19. The van der Waals surface area contributed by atoms with Crippen LogP contribution >= 0.6 is 11.6 Å². The molecule has 0 atom stereocenters. The van der Waals surface area contributed by atoms with E-state index in [4.69, 9.17) is 16.3 Å². The number of nitrogens with one attached hydrogen (secondary N) is 2. The predicted molar refractivity (Wildman–Crippen MR) is 82.1 cm³/mol. The van der Waals surface area contributed by atoms with Gasteiger partial charge in [-0.15, -0.1) is 0 Å². The zero-order valence-corrected chi connectivity index (χ0v) is 12.2. The van der Waals surface area contributed by atoms with E-state index in [-0.39, 0.29) is 5.69 Å². The van der Waals surface area contributed by atoms with Crippen molar-refractivity contribution in [2.24, 2.45) is 0 Å². The molecule has 0 aromatic heterocycles. The van der Waals surface area contributed by atoms with E-state index >= 15 is 0 Å². The Balaban J connectivity index is 2.15. The molecule has 5 N–H and O–H groups in total. The first-order valence-corrected chi connectivity index (χ1v) is 6.45. The van der Waals surface area contributed by atoms with Gasteiger partial charge in [0.05, 0.1) is 18.5 Å². The van der Waals surface area contributed by atoms with E-state index < -0.39 is 23.3 Å². The maximum Gasteiger partial charge on any atom is 0.323 e. The van der Waals surface area contributed by atoms with Gasteiger partial charge in [-0.3, -0.25) is 0 Å². The highest BCUT2D eigenvalue weighted by Gasteiger charge is 2.12. The molecule has 22 heavy (non-hydrogen) atoms. The molecule has 0 unspecified atom stereocenters. The fraction of sp³-hybridized carbons (Fsp3) is 0.0714. The van der Waals surface area contributed by atoms with E-state index in [0.717, 1.165) is 12.1 Å². The molecule has 0 fully saturated rings. The number of anilines is 2. The van der Waals surface area contributed by atoms with Crippen LogP contribution in [0.4, 0.5) is 16.2 Å². The molecule has 2 aromatic rings. The number of aromatic hydroxyl groups is 3. The maximum atomic E-state index is 11.9. The minimum absolute atomic E-state index is 0.0892. The van der Waals surface area contributed by atoms with Crippen LogP contribution in [-0.2, 0) is 0 Å². The van der Waals surface area contributed by atoms with Gasteiger partial charge in [0.15, 0.2) is 17.2 Å². The number of phenolic OH excluding ortho intramolecular Hbond substituents is 3. The van der Waals surface area contributed by atoms with Crippen LogP contribution in [0.1, 0.15) is 0 Å². The molecular weight excluding hydrogens is 312 g/mol. The topological polar surface area (TPSA) is 111 Å². The van der Waals surface area contributed by atoms with Crippen molar-refractivity contribution in [3.8, 4) is 23.0 Å². The number of amides is 2. The van der Waals surface area contributed by atoms with Gasteiger partial charge in [-0.2, -0.15) is 0 Å². The number of phenols is 3. The number of urea groups is 1. The lowest BCUT2D eigenvalue weighted by molar-refractivity contribution is 0.262. The molecule has 116 valence electrons. The molecule has 2 aromatic carbocycles. The Morgan fingerprint density at radius 2 is 1.73 bits per heavy atom. The lowest BCUT2D eigenvalue weighted by atomic mass is 10.2. The van der Waals surface area contributed by atoms with Gasteiger partial charge < -0.3 is 30.7 Å². The molecule has 8 heteroatoms. The Kier molecular flexibility index (Phi) is 4.47. The Hall–Kier alpha value is -2.80. The molecule has 0 bridgehead atoms. The van der Waals surface area contributed by atoms with E-state index in [2.05, 4.69) is 10.6 Å². The Morgan fingerprint density at radius 3 is 2.32 bits per heavy atom. The summed E-state index contributed by atoms with van der Waals surface area (Å²) >= 11 is 5.86. The normalized spacial score (nSPS) is 10.1. The fourth-order valence-electron chi connectivity index (χ4n) is 1.74. The first-order chi connectivity index (χ1) is 10.4. The lowest BCUT2D eigenvalue weighted by Gasteiger charge is -2.12. The van der Waals surface area contributed by atoms with Gasteiger partial charge in [0, 0.05) is 17.2 Å². The van der Waals surface area contributed by atoms with Crippen molar-refractivity contribution in [3.63, 3.8) is 0 Å². The summed E-state index contributed by atoms with van der Waals surface area (Å²) in [4.78, 5) is 11.9. The zero-order valence-electron chi connectivity index (χ0n) is 11.4. The van der Waals surface area contributed by atoms with Crippen molar-refractivity contribution in [1.82, 2.24) is 0 Å². The molecule has 0 heterocycles. The van der Waals surface area contributed by atoms with E-state index in [0.29, 0.717) is 16.5 Å². The van der Waals surface area contributed by atoms with Gasteiger partial charge in [-0.25, -0.2) is 4.79 Å².